The number of hydrogen-bond acceptors (Lipinski definition) is 6. The normalized spacial score (nSPS) is 21.5. The maximum absolute atomic E-state index is 11.3. The number of carbonyl (C=O) groups is 6. The molecule has 1 heterocycles. The predicted molar refractivity (Wildman–Crippen MR) is 68.7 cm³/mol. The second-order valence-electron chi connectivity index (χ2n) is 3.98. The Labute approximate surface area is 107 Å². The SMILES string of the molecule is O=CC1=C[SH](C=O)(C=O)(C=O)C(CC(=O)O)=C1C=O. The highest BCUT2D eigenvalue weighted by molar-refractivity contribution is 8.79. The van der Waals surface area contributed by atoms with Gasteiger partial charge in [0.2, 0.25) is 0 Å². The van der Waals surface area contributed by atoms with E-state index in [4.69, 9.17) is 5.11 Å². The monoisotopic (exact) mass is 286 g/mol. The van der Waals surface area contributed by atoms with Crippen molar-refractivity contribution in [3.8, 4) is 0 Å². The number of aldehydes is 2. The Morgan fingerprint density at radius 1 is 1.05 bits per heavy atom. The van der Waals surface area contributed by atoms with E-state index in [0.29, 0.717) is 0 Å². The number of carboxylic acids is 1. The van der Waals surface area contributed by atoms with Gasteiger partial charge in [0, 0.05) is 11.1 Å². The molecule has 0 bridgehead atoms. The lowest BCUT2D eigenvalue weighted by Crippen LogP contribution is -2.22. The molecule has 7 nitrogen and oxygen atoms in total. The second kappa shape index (κ2) is 4.73. The molecule has 0 saturated heterocycles. The molecule has 8 heteroatoms. The number of carbonyl (C=O) groups excluding carboxylic acids is 5. The Kier molecular flexibility index (Phi) is 3.66. The highest BCUT2D eigenvalue weighted by atomic mass is 32.3. The highest BCUT2D eigenvalue weighted by Crippen LogP contribution is 2.75. The van der Waals surface area contributed by atoms with Crippen LogP contribution in [-0.2, 0) is 28.8 Å². The van der Waals surface area contributed by atoms with E-state index in [9.17, 15) is 28.8 Å². The molecule has 0 fully saturated rings. The zero-order chi connectivity index (χ0) is 14.7. The minimum absolute atomic E-state index is 0.0594. The molecule has 0 aromatic heterocycles. The number of hydrogen-bond donors (Lipinski definition) is 2. The summed E-state index contributed by atoms with van der Waals surface area (Å²) in [6.45, 7) is 0. The van der Waals surface area contributed by atoms with Crippen molar-refractivity contribution in [3.63, 3.8) is 0 Å². The van der Waals surface area contributed by atoms with Crippen molar-refractivity contribution in [2.24, 2.45) is 0 Å². The molecule has 102 valence electrons. The molecule has 0 radical (unpaired) electrons. The fourth-order valence-electron chi connectivity index (χ4n) is 1.91. The Balaban J connectivity index is 3.81. The fourth-order valence-corrected chi connectivity index (χ4v) is 4.84. The summed E-state index contributed by atoms with van der Waals surface area (Å²) in [5, 5.41) is 9.63. The van der Waals surface area contributed by atoms with Gasteiger partial charge in [-0.15, -0.1) is 9.16 Å². The zero-order valence-electron chi connectivity index (χ0n) is 9.52. The Morgan fingerprint density at radius 3 is 1.89 bits per heavy atom. The average molecular weight is 286 g/mol. The van der Waals surface area contributed by atoms with Crippen molar-refractivity contribution in [2.45, 2.75) is 6.42 Å². The molecule has 1 aliphatic rings. The summed E-state index contributed by atoms with van der Waals surface area (Å²) in [7, 11) is -4.62. The largest absolute Gasteiger partial charge is 0.481 e. The van der Waals surface area contributed by atoms with Crippen LogP contribution in [0.15, 0.2) is 21.5 Å². The number of carboxylic acid groups (broad SMARTS) is 1. The van der Waals surface area contributed by atoms with E-state index in [0.717, 1.165) is 5.41 Å². The van der Waals surface area contributed by atoms with Crippen LogP contribution in [0.5, 0.6) is 0 Å². The van der Waals surface area contributed by atoms with E-state index >= 15 is 0 Å². The molecule has 0 aromatic rings. The molecule has 0 amide bonds. The Morgan fingerprint density at radius 2 is 1.58 bits per heavy atom. The van der Waals surface area contributed by atoms with Crippen LogP contribution >= 0.6 is 9.16 Å². The smallest absolute Gasteiger partial charge is 0.308 e. The quantitative estimate of drug-likeness (QED) is 0.484. The van der Waals surface area contributed by atoms with Gasteiger partial charge in [0.15, 0.2) is 29.4 Å². The minimum Gasteiger partial charge on any atom is -0.481 e. The number of allylic oxidation sites excluding steroid dienone is 2. The topological polar surface area (TPSA) is 123 Å². The molecule has 19 heavy (non-hydrogen) atoms. The van der Waals surface area contributed by atoms with Crippen LogP contribution in [0, 0.1) is 0 Å². The van der Waals surface area contributed by atoms with Crippen molar-refractivity contribution in [1.29, 1.82) is 0 Å². The third-order valence-electron chi connectivity index (χ3n) is 2.94. The van der Waals surface area contributed by atoms with Crippen molar-refractivity contribution < 1.29 is 33.9 Å². The van der Waals surface area contributed by atoms with Gasteiger partial charge in [0.1, 0.15) is 0 Å². The first-order valence-corrected chi connectivity index (χ1v) is 7.45. The van der Waals surface area contributed by atoms with Gasteiger partial charge in [-0.25, -0.2) is 0 Å². The molecular weight excluding hydrogens is 276 g/mol. The van der Waals surface area contributed by atoms with E-state index in [1.807, 2.05) is 0 Å². The number of rotatable bonds is 7. The van der Waals surface area contributed by atoms with Gasteiger partial charge in [-0.3, -0.25) is 28.8 Å². The number of thiol groups is 1. The molecule has 0 aromatic carbocycles. The van der Waals surface area contributed by atoms with Crippen LogP contribution in [0.2, 0.25) is 0 Å². The van der Waals surface area contributed by atoms with Gasteiger partial charge < -0.3 is 5.11 Å². The maximum Gasteiger partial charge on any atom is 0.308 e. The van der Waals surface area contributed by atoms with Crippen LogP contribution in [0.4, 0.5) is 0 Å². The molecule has 0 saturated carbocycles. The molecule has 0 aliphatic carbocycles. The molecule has 1 aliphatic heterocycles. The fraction of sp³-hybridized carbons (Fsp3) is 0.0909. The van der Waals surface area contributed by atoms with Crippen molar-refractivity contribution in [2.75, 3.05) is 0 Å². The molecule has 0 unspecified atom stereocenters. The van der Waals surface area contributed by atoms with Crippen LogP contribution in [-0.4, -0.2) is 40.5 Å². The molecule has 0 spiro atoms. The minimum atomic E-state index is -4.62. The standard InChI is InChI=1S/C11H10O7S/c12-2-8-4-19(5-14,6-15,7-16)10(1-11(17)18)9(8)3-13/h2-7,19H,1H2,(H,17,18). The van der Waals surface area contributed by atoms with Crippen molar-refractivity contribution in [1.82, 2.24) is 0 Å². The number of aliphatic carboxylic acids is 1. The molecule has 1 rings (SSSR count). The first-order valence-electron chi connectivity index (χ1n) is 4.94. The summed E-state index contributed by atoms with van der Waals surface area (Å²) in [5.74, 6) is -1.42. The van der Waals surface area contributed by atoms with E-state index < -0.39 is 26.5 Å². The van der Waals surface area contributed by atoms with Gasteiger partial charge >= 0.3 is 5.97 Å². The third kappa shape index (κ3) is 1.85. The zero-order valence-corrected chi connectivity index (χ0v) is 10.4. The van der Waals surface area contributed by atoms with Crippen LogP contribution < -0.4 is 0 Å². The van der Waals surface area contributed by atoms with Crippen molar-refractivity contribution >= 4 is 44.6 Å². The Hall–Kier alpha value is -2.35. The molecule has 1 N–H and O–H groups in total. The first kappa shape index (κ1) is 14.7. The van der Waals surface area contributed by atoms with Crippen LogP contribution in [0.1, 0.15) is 6.42 Å². The van der Waals surface area contributed by atoms with Crippen molar-refractivity contribution in [3.05, 3.63) is 21.5 Å². The predicted octanol–water partition coefficient (Wildman–Crippen LogP) is -0.346. The average Bonchev–Trinajstić information content (AvgIpc) is 2.70. The molecule has 0 atom stereocenters. The lowest BCUT2D eigenvalue weighted by molar-refractivity contribution is -0.136. The Bertz CT molecular complexity index is 545. The summed E-state index contributed by atoms with van der Waals surface area (Å²) >= 11 is 0. The summed E-state index contributed by atoms with van der Waals surface area (Å²) < 4.78 is 0. The lowest BCUT2D eigenvalue weighted by atomic mass is 10.1. The van der Waals surface area contributed by atoms with E-state index in [-0.39, 0.29) is 40.6 Å². The van der Waals surface area contributed by atoms with Gasteiger partial charge in [0.05, 0.1) is 6.42 Å². The van der Waals surface area contributed by atoms with Gasteiger partial charge in [0.25, 0.3) is 0 Å². The summed E-state index contributed by atoms with van der Waals surface area (Å²) in [6.07, 6.45) is -0.462. The highest BCUT2D eigenvalue weighted by Gasteiger charge is 2.49. The third-order valence-corrected chi connectivity index (χ3v) is 6.85. The molecular formula is C11H10O7S. The summed E-state index contributed by atoms with van der Waals surface area (Å²) in [6, 6.07) is 0. The van der Waals surface area contributed by atoms with Gasteiger partial charge in [-0.1, -0.05) is 0 Å². The summed E-state index contributed by atoms with van der Waals surface area (Å²) in [5.41, 5.74) is -0.506. The summed E-state index contributed by atoms with van der Waals surface area (Å²) in [4.78, 5) is 66.2. The van der Waals surface area contributed by atoms with Crippen LogP contribution in [0.3, 0.4) is 0 Å². The first-order chi connectivity index (χ1) is 8.92. The van der Waals surface area contributed by atoms with Gasteiger partial charge in [-0.05, 0) is 10.3 Å². The van der Waals surface area contributed by atoms with E-state index in [2.05, 4.69) is 0 Å². The van der Waals surface area contributed by atoms with E-state index in [1.54, 1.807) is 0 Å². The maximum atomic E-state index is 11.3. The lowest BCUT2D eigenvalue weighted by Gasteiger charge is -2.41. The van der Waals surface area contributed by atoms with E-state index in [1.165, 1.54) is 0 Å². The second-order valence-corrected chi connectivity index (χ2v) is 8.23. The van der Waals surface area contributed by atoms with Gasteiger partial charge in [-0.2, -0.15) is 0 Å². The van der Waals surface area contributed by atoms with Crippen LogP contribution in [0.25, 0.3) is 0 Å².